The molecular formula is C18H18N2O2. The first kappa shape index (κ1) is 14.3. The van der Waals surface area contributed by atoms with Gasteiger partial charge in [-0.05, 0) is 35.7 Å². The molecule has 1 heterocycles. The molecule has 112 valence electrons. The molecule has 4 heteroatoms. The summed E-state index contributed by atoms with van der Waals surface area (Å²) in [6.07, 6.45) is 0.341. The van der Waals surface area contributed by atoms with Crippen molar-refractivity contribution in [1.29, 1.82) is 0 Å². The van der Waals surface area contributed by atoms with Crippen molar-refractivity contribution in [3.8, 4) is 0 Å². The fourth-order valence-electron chi connectivity index (χ4n) is 2.45. The number of aryl methyl sites for hydroxylation is 2. The minimum absolute atomic E-state index is 0.00261. The van der Waals surface area contributed by atoms with Crippen molar-refractivity contribution in [1.82, 2.24) is 10.3 Å². The summed E-state index contributed by atoms with van der Waals surface area (Å²) >= 11 is 0. The zero-order valence-corrected chi connectivity index (χ0v) is 12.7. The van der Waals surface area contributed by atoms with Gasteiger partial charge in [-0.3, -0.25) is 4.79 Å². The van der Waals surface area contributed by atoms with Gasteiger partial charge in [0.05, 0.1) is 6.42 Å². The molecule has 0 atom stereocenters. The molecule has 2 aromatic carbocycles. The molecule has 1 N–H and O–H groups in total. The molecule has 0 fully saturated rings. The number of amides is 1. The largest absolute Gasteiger partial charge is 0.441 e. The molecule has 0 radical (unpaired) electrons. The minimum Gasteiger partial charge on any atom is -0.441 e. The van der Waals surface area contributed by atoms with Crippen LogP contribution in [-0.2, 0) is 17.8 Å². The van der Waals surface area contributed by atoms with Gasteiger partial charge < -0.3 is 9.73 Å². The van der Waals surface area contributed by atoms with Gasteiger partial charge in [-0.15, -0.1) is 0 Å². The molecule has 0 aliphatic carbocycles. The Morgan fingerprint density at radius 3 is 2.82 bits per heavy atom. The van der Waals surface area contributed by atoms with Crippen LogP contribution in [0.25, 0.3) is 11.1 Å². The van der Waals surface area contributed by atoms with E-state index in [9.17, 15) is 4.79 Å². The van der Waals surface area contributed by atoms with E-state index >= 15 is 0 Å². The third-order valence-electron chi connectivity index (χ3n) is 3.66. The van der Waals surface area contributed by atoms with Gasteiger partial charge >= 0.3 is 0 Å². The van der Waals surface area contributed by atoms with Gasteiger partial charge in [0.2, 0.25) is 5.91 Å². The predicted octanol–water partition coefficient (Wildman–Crippen LogP) is 3.30. The van der Waals surface area contributed by atoms with Crippen LogP contribution in [0.1, 0.15) is 22.6 Å². The molecule has 0 bridgehead atoms. The van der Waals surface area contributed by atoms with Crippen LogP contribution in [0.4, 0.5) is 0 Å². The van der Waals surface area contributed by atoms with Crippen LogP contribution >= 0.6 is 0 Å². The molecule has 22 heavy (non-hydrogen) atoms. The number of hydrogen-bond acceptors (Lipinski definition) is 3. The highest BCUT2D eigenvalue weighted by atomic mass is 16.3. The third kappa shape index (κ3) is 3.17. The highest BCUT2D eigenvalue weighted by Crippen LogP contribution is 2.17. The van der Waals surface area contributed by atoms with E-state index in [4.69, 9.17) is 4.42 Å². The van der Waals surface area contributed by atoms with Crippen molar-refractivity contribution in [2.24, 2.45) is 0 Å². The first-order valence-corrected chi connectivity index (χ1v) is 7.29. The quantitative estimate of drug-likeness (QED) is 0.803. The van der Waals surface area contributed by atoms with Crippen LogP contribution < -0.4 is 5.32 Å². The van der Waals surface area contributed by atoms with Crippen LogP contribution in [0.5, 0.6) is 0 Å². The average molecular weight is 294 g/mol. The Morgan fingerprint density at radius 1 is 1.18 bits per heavy atom. The standard InChI is InChI=1S/C18H18N2O2/c1-12-5-3-4-6-15(12)11-19-18(21)10-14-7-8-17-16(9-14)20-13(2)22-17/h3-9H,10-11H2,1-2H3,(H,19,21). The highest BCUT2D eigenvalue weighted by Gasteiger charge is 2.07. The van der Waals surface area contributed by atoms with Crippen molar-refractivity contribution in [2.45, 2.75) is 26.8 Å². The zero-order chi connectivity index (χ0) is 15.5. The van der Waals surface area contributed by atoms with E-state index in [1.54, 1.807) is 0 Å². The lowest BCUT2D eigenvalue weighted by Crippen LogP contribution is -2.24. The fourth-order valence-corrected chi connectivity index (χ4v) is 2.45. The van der Waals surface area contributed by atoms with Crippen molar-refractivity contribution < 1.29 is 9.21 Å². The van der Waals surface area contributed by atoms with Crippen molar-refractivity contribution in [3.63, 3.8) is 0 Å². The zero-order valence-electron chi connectivity index (χ0n) is 12.7. The molecule has 3 rings (SSSR count). The van der Waals surface area contributed by atoms with Crippen molar-refractivity contribution in [2.75, 3.05) is 0 Å². The summed E-state index contributed by atoms with van der Waals surface area (Å²) in [6.45, 7) is 4.41. The number of rotatable bonds is 4. The highest BCUT2D eigenvalue weighted by molar-refractivity contribution is 5.81. The summed E-state index contributed by atoms with van der Waals surface area (Å²) in [5.74, 6) is 0.638. The lowest BCUT2D eigenvalue weighted by molar-refractivity contribution is -0.120. The van der Waals surface area contributed by atoms with Crippen LogP contribution in [0.2, 0.25) is 0 Å². The van der Waals surface area contributed by atoms with Crippen molar-refractivity contribution in [3.05, 3.63) is 65.0 Å². The summed E-state index contributed by atoms with van der Waals surface area (Å²) in [5.41, 5.74) is 4.80. The van der Waals surface area contributed by atoms with Gasteiger partial charge in [-0.25, -0.2) is 4.98 Å². The Morgan fingerprint density at radius 2 is 2.00 bits per heavy atom. The Hall–Kier alpha value is -2.62. The molecule has 3 aromatic rings. The second-order valence-corrected chi connectivity index (χ2v) is 5.41. The predicted molar refractivity (Wildman–Crippen MR) is 85.5 cm³/mol. The summed E-state index contributed by atoms with van der Waals surface area (Å²) in [4.78, 5) is 16.4. The van der Waals surface area contributed by atoms with Gasteiger partial charge in [0.25, 0.3) is 0 Å². The van der Waals surface area contributed by atoms with Crippen molar-refractivity contribution >= 4 is 17.0 Å². The Labute approximate surface area is 129 Å². The van der Waals surface area contributed by atoms with Crippen LogP contribution in [0, 0.1) is 13.8 Å². The first-order valence-electron chi connectivity index (χ1n) is 7.29. The van der Waals surface area contributed by atoms with E-state index in [2.05, 4.69) is 10.3 Å². The topological polar surface area (TPSA) is 55.1 Å². The maximum atomic E-state index is 12.1. The van der Waals surface area contributed by atoms with Crippen LogP contribution in [0.15, 0.2) is 46.9 Å². The molecule has 0 saturated heterocycles. The number of fused-ring (bicyclic) bond motifs is 1. The number of carbonyl (C=O) groups excluding carboxylic acids is 1. The van der Waals surface area contributed by atoms with E-state index < -0.39 is 0 Å². The summed E-state index contributed by atoms with van der Waals surface area (Å²) in [5, 5.41) is 2.96. The Kier molecular flexibility index (Phi) is 3.92. The molecule has 0 aliphatic rings. The molecule has 0 unspecified atom stereocenters. The number of carbonyl (C=O) groups is 1. The minimum atomic E-state index is 0.00261. The van der Waals surface area contributed by atoms with E-state index in [0.717, 1.165) is 22.2 Å². The summed E-state index contributed by atoms with van der Waals surface area (Å²) in [7, 11) is 0. The number of benzene rings is 2. The van der Waals surface area contributed by atoms with E-state index in [1.807, 2.05) is 56.3 Å². The van der Waals surface area contributed by atoms with Crippen LogP contribution in [-0.4, -0.2) is 10.9 Å². The SMILES string of the molecule is Cc1nc2cc(CC(=O)NCc3ccccc3C)ccc2o1. The molecule has 0 aliphatic heterocycles. The first-order chi connectivity index (χ1) is 10.6. The number of nitrogens with zero attached hydrogens (tertiary/aromatic N) is 1. The van der Waals surface area contributed by atoms with E-state index in [1.165, 1.54) is 5.56 Å². The normalized spacial score (nSPS) is 10.8. The molecule has 0 spiro atoms. The molecule has 0 saturated carbocycles. The fraction of sp³-hybridized carbons (Fsp3) is 0.222. The third-order valence-corrected chi connectivity index (χ3v) is 3.66. The Balaban J connectivity index is 1.64. The average Bonchev–Trinajstić information content (AvgIpc) is 2.86. The monoisotopic (exact) mass is 294 g/mol. The number of oxazole rings is 1. The number of nitrogens with one attached hydrogen (secondary N) is 1. The lowest BCUT2D eigenvalue weighted by atomic mass is 10.1. The summed E-state index contributed by atoms with van der Waals surface area (Å²) in [6, 6.07) is 13.7. The van der Waals surface area contributed by atoms with Gasteiger partial charge in [-0.2, -0.15) is 0 Å². The molecule has 1 aromatic heterocycles. The maximum Gasteiger partial charge on any atom is 0.224 e. The Bertz CT molecular complexity index is 821. The lowest BCUT2D eigenvalue weighted by Gasteiger charge is -2.08. The van der Waals surface area contributed by atoms with E-state index in [-0.39, 0.29) is 5.91 Å². The van der Waals surface area contributed by atoms with Gasteiger partial charge in [0.15, 0.2) is 11.5 Å². The van der Waals surface area contributed by atoms with Gasteiger partial charge in [-0.1, -0.05) is 30.3 Å². The van der Waals surface area contributed by atoms with Gasteiger partial charge in [0.1, 0.15) is 5.52 Å². The maximum absolute atomic E-state index is 12.1. The second-order valence-electron chi connectivity index (χ2n) is 5.41. The van der Waals surface area contributed by atoms with Crippen LogP contribution in [0.3, 0.4) is 0 Å². The smallest absolute Gasteiger partial charge is 0.224 e. The molecule has 1 amide bonds. The molecular weight excluding hydrogens is 276 g/mol. The van der Waals surface area contributed by atoms with E-state index in [0.29, 0.717) is 18.9 Å². The summed E-state index contributed by atoms with van der Waals surface area (Å²) < 4.78 is 5.43. The number of aromatic nitrogens is 1. The van der Waals surface area contributed by atoms with Gasteiger partial charge in [0, 0.05) is 13.5 Å². The second kappa shape index (κ2) is 6.02. The molecule has 4 nitrogen and oxygen atoms in total. The number of hydrogen-bond donors (Lipinski definition) is 1.